The van der Waals surface area contributed by atoms with Gasteiger partial charge in [0.25, 0.3) is 5.91 Å². The molecule has 2 aromatic carbocycles. The number of phenols is 1. The van der Waals surface area contributed by atoms with Crippen LogP contribution in [0.15, 0.2) is 41.5 Å². The predicted octanol–water partition coefficient (Wildman–Crippen LogP) is 2.55. The van der Waals surface area contributed by atoms with Crippen LogP contribution in [-0.2, 0) is 4.79 Å². The van der Waals surface area contributed by atoms with E-state index < -0.39 is 0 Å². The summed E-state index contributed by atoms with van der Waals surface area (Å²) in [5.74, 6) is 0.862. The highest BCUT2D eigenvalue weighted by Crippen LogP contribution is 2.22. The molecule has 0 aliphatic heterocycles. The predicted molar refractivity (Wildman–Crippen MR) is 91.8 cm³/mol. The van der Waals surface area contributed by atoms with Gasteiger partial charge in [0, 0.05) is 11.6 Å². The number of hydrazone groups is 1. The van der Waals surface area contributed by atoms with E-state index in [1.807, 2.05) is 32.0 Å². The number of hydrogen-bond donors (Lipinski definition) is 2. The lowest BCUT2D eigenvalue weighted by Gasteiger charge is -2.10. The molecule has 0 spiro atoms. The number of aromatic hydroxyl groups is 1. The van der Waals surface area contributed by atoms with Crippen molar-refractivity contribution >= 4 is 12.1 Å². The van der Waals surface area contributed by atoms with Crippen LogP contribution in [0, 0.1) is 13.8 Å². The minimum atomic E-state index is -0.387. The molecule has 0 heterocycles. The molecule has 0 saturated heterocycles. The number of nitrogens with one attached hydrogen (secondary N) is 1. The van der Waals surface area contributed by atoms with Crippen molar-refractivity contribution in [2.45, 2.75) is 13.8 Å². The molecule has 0 fully saturated rings. The molecule has 1 amide bonds. The Balaban J connectivity index is 1.89. The number of carbonyl (C=O) groups excluding carboxylic acids is 1. The number of carbonyl (C=O) groups is 1. The van der Waals surface area contributed by atoms with Crippen LogP contribution >= 0.6 is 0 Å². The second-order valence-electron chi connectivity index (χ2n) is 5.23. The zero-order valence-electron chi connectivity index (χ0n) is 13.9. The lowest BCUT2D eigenvalue weighted by Crippen LogP contribution is -2.25. The topological polar surface area (TPSA) is 80.2 Å². The molecule has 0 aromatic heterocycles. The third-order valence-electron chi connectivity index (χ3n) is 3.39. The number of ether oxygens (including phenoxy) is 2. The van der Waals surface area contributed by atoms with Crippen molar-refractivity contribution < 1.29 is 19.4 Å². The van der Waals surface area contributed by atoms with Crippen LogP contribution < -0.4 is 14.9 Å². The average molecular weight is 328 g/mol. The van der Waals surface area contributed by atoms with E-state index in [4.69, 9.17) is 9.47 Å². The third-order valence-corrected chi connectivity index (χ3v) is 3.39. The van der Waals surface area contributed by atoms with E-state index in [-0.39, 0.29) is 18.3 Å². The van der Waals surface area contributed by atoms with Crippen molar-refractivity contribution in [2.24, 2.45) is 5.10 Å². The number of hydrogen-bond acceptors (Lipinski definition) is 5. The Kier molecular flexibility index (Phi) is 5.78. The highest BCUT2D eigenvalue weighted by atomic mass is 16.5. The van der Waals surface area contributed by atoms with Gasteiger partial charge in [-0.15, -0.1) is 0 Å². The normalized spacial score (nSPS) is 10.6. The Labute approximate surface area is 140 Å². The molecule has 126 valence electrons. The number of rotatable bonds is 6. The second kappa shape index (κ2) is 8.01. The number of benzene rings is 2. The van der Waals surface area contributed by atoms with Gasteiger partial charge >= 0.3 is 0 Å². The number of phenolic OH excluding ortho intramolecular Hbond substituents is 1. The van der Waals surface area contributed by atoms with Gasteiger partial charge in [-0.1, -0.05) is 18.2 Å². The van der Waals surface area contributed by atoms with Gasteiger partial charge in [0.2, 0.25) is 0 Å². The fraction of sp³-hybridized carbons (Fsp3) is 0.222. The zero-order chi connectivity index (χ0) is 17.5. The second-order valence-corrected chi connectivity index (χ2v) is 5.23. The van der Waals surface area contributed by atoms with Crippen molar-refractivity contribution in [2.75, 3.05) is 13.7 Å². The summed E-state index contributed by atoms with van der Waals surface area (Å²) in [5.41, 5.74) is 4.76. The van der Waals surface area contributed by atoms with Crippen LogP contribution in [0.2, 0.25) is 0 Å². The Hall–Kier alpha value is -3.02. The molecule has 2 N–H and O–H groups in total. The Morgan fingerprint density at radius 1 is 1.25 bits per heavy atom. The van der Waals surface area contributed by atoms with Crippen LogP contribution in [-0.4, -0.2) is 30.9 Å². The highest BCUT2D eigenvalue weighted by molar-refractivity contribution is 5.85. The van der Waals surface area contributed by atoms with E-state index in [9.17, 15) is 9.90 Å². The molecule has 6 heteroatoms. The first-order valence-electron chi connectivity index (χ1n) is 7.39. The van der Waals surface area contributed by atoms with Crippen LogP contribution in [0.25, 0.3) is 0 Å². The summed E-state index contributed by atoms with van der Waals surface area (Å²) in [6, 6.07) is 10.6. The Morgan fingerprint density at radius 3 is 2.58 bits per heavy atom. The molecule has 2 rings (SSSR count). The van der Waals surface area contributed by atoms with Crippen molar-refractivity contribution in [3.63, 3.8) is 0 Å². The molecule has 2 aromatic rings. The number of para-hydroxylation sites is 1. The molecule has 0 aliphatic rings. The first-order valence-corrected chi connectivity index (χ1v) is 7.39. The lowest BCUT2D eigenvalue weighted by molar-refractivity contribution is -0.123. The minimum Gasteiger partial charge on any atom is -0.507 e. The highest BCUT2D eigenvalue weighted by Gasteiger charge is 2.06. The molecule has 6 nitrogen and oxygen atoms in total. The first kappa shape index (κ1) is 17.3. The van der Waals surface area contributed by atoms with E-state index in [0.29, 0.717) is 17.1 Å². The molecular weight excluding hydrogens is 308 g/mol. The largest absolute Gasteiger partial charge is 0.507 e. The molecule has 0 radical (unpaired) electrons. The summed E-state index contributed by atoms with van der Waals surface area (Å²) in [4.78, 5) is 11.8. The van der Waals surface area contributed by atoms with E-state index in [1.54, 1.807) is 12.1 Å². The Morgan fingerprint density at radius 2 is 1.96 bits per heavy atom. The zero-order valence-corrected chi connectivity index (χ0v) is 13.9. The van der Waals surface area contributed by atoms with Crippen molar-refractivity contribution in [3.8, 4) is 17.2 Å². The maximum atomic E-state index is 11.8. The van der Waals surface area contributed by atoms with Gasteiger partial charge in [-0.05, 0) is 37.1 Å². The van der Waals surface area contributed by atoms with Crippen LogP contribution in [0.5, 0.6) is 17.2 Å². The molecule has 0 saturated carbocycles. The summed E-state index contributed by atoms with van der Waals surface area (Å²) in [6.07, 6.45) is 1.35. The summed E-state index contributed by atoms with van der Waals surface area (Å²) in [6.45, 7) is 3.70. The van der Waals surface area contributed by atoms with Gasteiger partial charge < -0.3 is 14.6 Å². The van der Waals surface area contributed by atoms with Crippen LogP contribution in [0.4, 0.5) is 0 Å². The van der Waals surface area contributed by atoms with Crippen LogP contribution in [0.3, 0.4) is 0 Å². The quantitative estimate of drug-likeness (QED) is 0.631. The summed E-state index contributed by atoms with van der Waals surface area (Å²) in [7, 11) is 1.51. The number of aryl methyl sites for hydroxylation is 2. The van der Waals surface area contributed by atoms with Gasteiger partial charge in [0.05, 0.1) is 13.3 Å². The maximum Gasteiger partial charge on any atom is 0.277 e. The van der Waals surface area contributed by atoms with E-state index in [0.717, 1.165) is 11.1 Å². The summed E-state index contributed by atoms with van der Waals surface area (Å²) in [5, 5.41) is 13.6. The standard InChI is InChI=1S/C18H20N2O4/c1-12-5-4-6-13(2)18(12)24-11-17(22)20-19-10-14-7-8-15(23-3)9-16(14)21/h4-10,21H,11H2,1-3H3,(H,20,22). The first-order chi connectivity index (χ1) is 11.5. The number of methoxy groups -OCH3 is 1. The fourth-order valence-electron chi connectivity index (χ4n) is 2.13. The van der Waals surface area contributed by atoms with Crippen molar-refractivity contribution in [3.05, 3.63) is 53.1 Å². The molecule has 0 bridgehead atoms. The lowest BCUT2D eigenvalue weighted by atomic mass is 10.1. The molecular formula is C18H20N2O4. The Bertz CT molecular complexity index is 736. The van der Waals surface area contributed by atoms with E-state index in [1.165, 1.54) is 19.4 Å². The van der Waals surface area contributed by atoms with Crippen molar-refractivity contribution in [1.29, 1.82) is 0 Å². The fourth-order valence-corrected chi connectivity index (χ4v) is 2.13. The molecule has 24 heavy (non-hydrogen) atoms. The molecule has 0 aliphatic carbocycles. The maximum absolute atomic E-state index is 11.8. The van der Waals surface area contributed by atoms with Crippen molar-refractivity contribution in [1.82, 2.24) is 5.43 Å². The van der Waals surface area contributed by atoms with Gasteiger partial charge in [-0.3, -0.25) is 4.79 Å². The smallest absolute Gasteiger partial charge is 0.277 e. The SMILES string of the molecule is COc1ccc(C=NNC(=O)COc2c(C)cccc2C)c(O)c1. The number of amides is 1. The van der Waals surface area contributed by atoms with Crippen LogP contribution in [0.1, 0.15) is 16.7 Å². The van der Waals surface area contributed by atoms with Gasteiger partial charge in [0.15, 0.2) is 6.61 Å². The van der Waals surface area contributed by atoms with E-state index >= 15 is 0 Å². The number of nitrogens with zero attached hydrogens (tertiary/aromatic N) is 1. The summed E-state index contributed by atoms with van der Waals surface area (Å²) >= 11 is 0. The molecule has 0 unspecified atom stereocenters. The van der Waals surface area contributed by atoms with Gasteiger partial charge in [-0.25, -0.2) is 5.43 Å². The van der Waals surface area contributed by atoms with E-state index in [2.05, 4.69) is 10.5 Å². The minimum absolute atomic E-state index is 0.0131. The monoisotopic (exact) mass is 328 g/mol. The summed E-state index contributed by atoms with van der Waals surface area (Å²) < 4.78 is 10.5. The third kappa shape index (κ3) is 4.49. The van der Waals surface area contributed by atoms with Gasteiger partial charge in [0.1, 0.15) is 17.2 Å². The van der Waals surface area contributed by atoms with Gasteiger partial charge in [-0.2, -0.15) is 5.10 Å². The average Bonchev–Trinajstić information content (AvgIpc) is 2.55. The molecule has 0 atom stereocenters.